The zero-order valence-electron chi connectivity index (χ0n) is 10.0. The number of benzene rings is 1. The van der Waals surface area contributed by atoms with E-state index in [-0.39, 0.29) is 17.3 Å². The Kier molecular flexibility index (Phi) is 4.09. The van der Waals surface area contributed by atoms with Gasteiger partial charge < -0.3 is 5.32 Å². The molecule has 0 saturated carbocycles. The smallest absolute Gasteiger partial charge is 0.123 e. The van der Waals surface area contributed by atoms with Crippen molar-refractivity contribution < 1.29 is 4.39 Å². The van der Waals surface area contributed by atoms with Gasteiger partial charge in [-0.2, -0.15) is 0 Å². The Morgan fingerprint density at radius 1 is 1.38 bits per heavy atom. The van der Waals surface area contributed by atoms with E-state index < -0.39 is 0 Å². The fraction of sp³-hybridized carbons (Fsp3) is 0.429. The third kappa shape index (κ3) is 2.62. The second-order valence-corrected chi connectivity index (χ2v) is 4.39. The van der Waals surface area contributed by atoms with E-state index in [0.29, 0.717) is 0 Å². The third-order valence-electron chi connectivity index (χ3n) is 2.88. The molecule has 2 heteroatoms. The second-order valence-electron chi connectivity index (χ2n) is 4.39. The highest BCUT2D eigenvalue weighted by Gasteiger charge is 2.29. The Morgan fingerprint density at radius 2 is 1.94 bits per heavy atom. The summed E-state index contributed by atoms with van der Waals surface area (Å²) in [6, 6.07) is 6.46. The summed E-state index contributed by atoms with van der Waals surface area (Å²) >= 11 is 0. The highest BCUT2D eigenvalue weighted by molar-refractivity contribution is 5.30. The minimum Gasteiger partial charge on any atom is -0.303 e. The van der Waals surface area contributed by atoms with E-state index >= 15 is 0 Å². The van der Waals surface area contributed by atoms with Gasteiger partial charge in [0, 0.05) is 5.41 Å². The molecule has 86 valence electrons. The first-order chi connectivity index (χ1) is 7.52. The van der Waals surface area contributed by atoms with Crippen LogP contribution in [0.4, 0.5) is 4.39 Å². The molecule has 1 N–H and O–H groups in total. The van der Waals surface area contributed by atoms with Crippen molar-refractivity contribution in [2.75, 3.05) is 6.54 Å². The molecule has 0 aromatic heterocycles. The molecule has 0 aliphatic heterocycles. The summed E-state index contributed by atoms with van der Waals surface area (Å²) < 4.78 is 12.8. The number of hydrogen-bond acceptors (Lipinski definition) is 1. The van der Waals surface area contributed by atoms with Crippen molar-refractivity contribution in [1.82, 2.24) is 5.32 Å². The molecule has 1 unspecified atom stereocenters. The number of nitrogens with one attached hydrogen (secondary N) is 1. The third-order valence-corrected chi connectivity index (χ3v) is 2.88. The van der Waals surface area contributed by atoms with Gasteiger partial charge in [0.05, 0.1) is 6.04 Å². The van der Waals surface area contributed by atoms with Crippen molar-refractivity contribution in [3.05, 3.63) is 35.6 Å². The maximum absolute atomic E-state index is 12.8. The Bertz CT molecular complexity index is 373. The van der Waals surface area contributed by atoms with Gasteiger partial charge in [0.15, 0.2) is 0 Å². The number of likely N-dealkylation sites (N-methyl/N-ethyl adjacent to an activating group) is 1. The van der Waals surface area contributed by atoms with Gasteiger partial charge in [-0.25, -0.2) is 4.39 Å². The topological polar surface area (TPSA) is 12.0 Å². The van der Waals surface area contributed by atoms with Crippen molar-refractivity contribution >= 4 is 0 Å². The maximum Gasteiger partial charge on any atom is 0.123 e. The molecule has 0 spiro atoms. The van der Waals surface area contributed by atoms with Crippen LogP contribution in [0.25, 0.3) is 0 Å². The van der Waals surface area contributed by atoms with E-state index in [0.717, 1.165) is 12.1 Å². The largest absolute Gasteiger partial charge is 0.303 e. The molecule has 0 amide bonds. The van der Waals surface area contributed by atoms with Gasteiger partial charge in [-0.1, -0.05) is 38.8 Å². The molecule has 0 radical (unpaired) electrons. The summed E-state index contributed by atoms with van der Waals surface area (Å²) in [5, 5.41) is 3.26. The SMILES string of the molecule is C#CC(NCC)C(C)(C)c1ccc(F)cc1. The summed E-state index contributed by atoms with van der Waals surface area (Å²) in [5.41, 5.74) is 0.830. The molecule has 0 bridgehead atoms. The van der Waals surface area contributed by atoms with Crippen LogP contribution in [-0.2, 0) is 5.41 Å². The lowest BCUT2D eigenvalue weighted by Crippen LogP contribution is -2.43. The summed E-state index contributed by atoms with van der Waals surface area (Å²) in [5.74, 6) is 2.53. The average Bonchev–Trinajstić information content (AvgIpc) is 2.26. The number of terminal acetylenes is 1. The molecule has 0 aliphatic carbocycles. The number of hydrogen-bond donors (Lipinski definition) is 1. The fourth-order valence-electron chi connectivity index (χ4n) is 1.77. The Hall–Kier alpha value is -1.33. The van der Waals surface area contributed by atoms with Gasteiger partial charge in [0.2, 0.25) is 0 Å². The van der Waals surface area contributed by atoms with E-state index in [1.165, 1.54) is 12.1 Å². The first kappa shape index (κ1) is 12.7. The lowest BCUT2D eigenvalue weighted by molar-refractivity contribution is 0.411. The molecule has 0 heterocycles. The molecule has 1 rings (SSSR count). The van der Waals surface area contributed by atoms with Crippen LogP contribution in [0.3, 0.4) is 0 Å². The zero-order valence-corrected chi connectivity index (χ0v) is 10.0. The van der Waals surface area contributed by atoms with Crippen LogP contribution in [0.5, 0.6) is 0 Å². The normalized spacial score (nSPS) is 13.2. The maximum atomic E-state index is 12.8. The van der Waals surface area contributed by atoms with Gasteiger partial charge in [-0.15, -0.1) is 6.42 Å². The predicted octanol–water partition coefficient (Wildman–Crippen LogP) is 2.71. The van der Waals surface area contributed by atoms with Crippen LogP contribution in [0.1, 0.15) is 26.3 Å². The Morgan fingerprint density at radius 3 is 2.38 bits per heavy atom. The van der Waals surface area contributed by atoms with Crippen LogP contribution >= 0.6 is 0 Å². The molecule has 0 saturated heterocycles. The average molecular weight is 219 g/mol. The van der Waals surface area contributed by atoms with Crippen molar-refractivity contribution in [2.45, 2.75) is 32.2 Å². The van der Waals surface area contributed by atoms with Gasteiger partial charge >= 0.3 is 0 Å². The van der Waals surface area contributed by atoms with E-state index in [1.54, 1.807) is 12.1 Å². The van der Waals surface area contributed by atoms with E-state index in [1.807, 2.05) is 6.92 Å². The van der Waals surface area contributed by atoms with Crippen LogP contribution in [-0.4, -0.2) is 12.6 Å². The lowest BCUT2D eigenvalue weighted by atomic mass is 9.78. The highest BCUT2D eigenvalue weighted by atomic mass is 19.1. The molecule has 1 nitrogen and oxygen atoms in total. The van der Waals surface area contributed by atoms with Crippen LogP contribution in [0.2, 0.25) is 0 Å². The minimum absolute atomic E-state index is 0.0528. The van der Waals surface area contributed by atoms with E-state index in [4.69, 9.17) is 6.42 Å². The zero-order chi connectivity index (χ0) is 12.2. The van der Waals surface area contributed by atoms with Crippen LogP contribution in [0.15, 0.2) is 24.3 Å². The molecule has 16 heavy (non-hydrogen) atoms. The van der Waals surface area contributed by atoms with Crippen molar-refractivity contribution in [1.29, 1.82) is 0 Å². The minimum atomic E-state index is -0.222. The van der Waals surface area contributed by atoms with Gasteiger partial charge in [-0.3, -0.25) is 0 Å². The number of halogens is 1. The van der Waals surface area contributed by atoms with Crippen molar-refractivity contribution in [3.8, 4) is 12.3 Å². The van der Waals surface area contributed by atoms with Crippen LogP contribution in [0, 0.1) is 18.2 Å². The molecule has 0 fully saturated rings. The molecule has 1 aromatic carbocycles. The standard InChI is InChI=1S/C14H18FN/c1-5-13(16-6-2)14(3,4)11-7-9-12(15)10-8-11/h1,7-10,13,16H,6H2,2-4H3. The molecule has 1 aromatic rings. The number of rotatable bonds is 4. The van der Waals surface area contributed by atoms with Crippen molar-refractivity contribution in [2.24, 2.45) is 0 Å². The monoisotopic (exact) mass is 219 g/mol. The Balaban J connectivity index is 3.00. The summed E-state index contributed by atoms with van der Waals surface area (Å²) in [7, 11) is 0. The van der Waals surface area contributed by atoms with Gasteiger partial charge in [0.1, 0.15) is 5.82 Å². The molecular formula is C14H18FN. The predicted molar refractivity (Wildman–Crippen MR) is 65.7 cm³/mol. The Labute approximate surface area is 97.1 Å². The second kappa shape index (κ2) is 5.14. The quantitative estimate of drug-likeness (QED) is 0.768. The summed E-state index contributed by atoms with van der Waals surface area (Å²) in [6.07, 6.45) is 5.53. The molecule has 0 aliphatic rings. The van der Waals surface area contributed by atoms with E-state index in [9.17, 15) is 4.39 Å². The van der Waals surface area contributed by atoms with Crippen molar-refractivity contribution in [3.63, 3.8) is 0 Å². The van der Waals surface area contributed by atoms with E-state index in [2.05, 4.69) is 25.1 Å². The first-order valence-electron chi connectivity index (χ1n) is 5.48. The highest BCUT2D eigenvalue weighted by Crippen LogP contribution is 2.27. The van der Waals surface area contributed by atoms with Gasteiger partial charge in [0.25, 0.3) is 0 Å². The van der Waals surface area contributed by atoms with Crippen LogP contribution < -0.4 is 5.32 Å². The lowest BCUT2D eigenvalue weighted by Gasteiger charge is -2.32. The summed E-state index contributed by atoms with van der Waals surface area (Å²) in [4.78, 5) is 0. The molecular weight excluding hydrogens is 201 g/mol. The molecule has 1 atom stereocenters. The fourth-order valence-corrected chi connectivity index (χ4v) is 1.77. The van der Waals surface area contributed by atoms with Gasteiger partial charge in [-0.05, 0) is 24.2 Å². The summed E-state index contributed by atoms with van der Waals surface area (Å²) in [6.45, 7) is 6.96. The first-order valence-corrected chi connectivity index (χ1v) is 5.48.